The molecule has 0 bridgehead atoms. The van der Waals surface area contributed by atoms with E-state index in [0.717, 1.165) is 29.7 Å². The van der Waals surface area contributed by atoms with Crippen molar-refractivity contribution in [2.75, 3.05) is 23.7 Å². The van der Waals surface area contributed by atoms with Crippen LogP contribution in [0.4, 0.5) is 5.69 Å². The minimum absolute atomic E-state index is 0.0660. The molecular formula is C14H21NO3S. The summed E-state index contributed by atoms with van der Waals surface area (Å²) in [6.07, 6.45) is 1.63. The molecule has 1 saturated heterocycles. The van der Waals surface area contributed by atoms with E-state index in [0.29, 0.717) is 6.61 Å². The fourth-order valence-corrected chi connectivity index (χ4v) is 3.80. The number of aryl methyl sites for hydroxylation is 2. The Labute approximate surface area is 115 Å². The monoisotopic (exact) mass is 283 g/mol. The van der Waals surface area contributed by atoms with Crippen molar-refractivity contribution in [3.8, 4) is 0 Å². The fourth-order valence-electron chi connectivity index (χ4n) is 2.42. The minimum atomic E-state index is -3.32. The van der Waals surface area contributed by atoms with Crippen LogP contribution in [0.3, 0.4) is 0 Å². The number of sulfonamides is 1. The summed E-state index contributed by atoms with van der Waals surface area (Å²) in [4.78, 5) is 0. The predicted molar refractivity (Wildman–Crippen MR) is 77.1 cm³/mol. The standard InChI is InChI=1S/C14H21NO3S/c1-11-7-12(2)9-13(8-11)15(3)19(16,17)10-14-5-4-6-18-14/h7-9,14H,4-6,10H2,1-3H3/t14-/m0/s1. The normalized spacial score (nSPS) is 19.6. The molecule has 1 fully saturated rings. The minimum Gasteiger partial charge on any atom is -0.377 e. The number of anilines is 1. The zero-order chi connectivity index (χ0) is 14.0. The lowest BCUT2D eigenvalue weighted by atomic mass is 10.1. The second kappa shape index (κ2) is 5.51. The van der Waals surface area contributed by atoms with Crippen molar-refractivity contribution in [3.05, 3.63) is 29.3 Å². The molecule has 1 aromatic carbocycles. The highest BCUT2D eigenvalue weighted by atomic mass is 32.2. The molecule has 0 N–H and O–H groups in total. The van der Waals surface area contributed by atoms with Crippen LogP contribution < -0.4 is 4.31 Å². The Morgan fingerprint density at radius 1 is 1.26 bits per heavy atom. The maximum absolute atomic E-state index is 12.4. The molecule has 0 unspecified atom stereocenters. The molecular weight excluding hydrogens is 262 g/mol. The van der Waals surface area contributed by atoms with Crippen LogP contribution in [0.25, 0.3) is 0 Å². The van der Waals surface area contributed by atoms with Crippen LogP contribution in [0.1, 0.15) is 24.0 Å². The summed E-state index contributed by atoms with van der Waals surface area (Å²) in [7, 11) is -1.71. The molecule has 0 spiro atoms. The summed E-state index contributed by atoms with van der Waals surface area (Å²) >= 11 is 0. The third-order valence-electron chi connectivity index (χ3n) is 3.41. The van der Waals surface area contributed by atoms with Crippen LogP contribution in [-0.4, -0.2) is 33.9 Å². The second-order valence-electron chi connectivity index (χ2n) is 5.23. The lowest BCUT2D eigenvalue weighted by molar-refractivity contribution is 0.127. The van der Waals surface area contributed by atoms with Gasteiger partial charge in [-0.05, 0) is 49.9 Å². The number of rotatable bonds is 4. The topological polar surface area (TPSA) is 46.6 Å². The van der Waals surface area contributed by atoms with Gasteiger partial charge in [-0.25, -0.2) is 8.42 Å². The highest BCUT2D eigenvalue weighted by Crippen LogP contribution is 2.22. The van der Waals surface area contributed by atoms with E-state index in [2.05, 4.69) is 0 Å². The molecule has 19 heavy (non-hydrogen) atoms. The number of benzene rings is 1. The Hall–Kier alpha value is -1.07. The Morgan fingerprint density at radius 3 is 2.42 bits per heavy atom. The largest absolute Gasteiger partial charge is 0.377 e. The summed E-state index contributed by atoms with van der Waals surface area (Å²) in [6.45, 7) is 4.61. The van der Waals surface area contributed by atoms with Gasteiger partial charge in [-0.3, -0.25) is 4.31 Å². The van der Waals surface area contributed by atoms with Gasteiger partial charge in [0.25, 0.3) is 0 Å². The first-order valence-corrected chi connectivity index (χ1v) is 8.16. The van der Waals surface area contributed by atoms with Gasteiger partial charge in [0.2, 0.25) is 10.0 Å². The van der Waals surface area contributed by atoms with Crippen molar-refractivity contribution in [2.45, 2.75) is 32.8 Å². The molecule has 0 saturated carbocycles. The van der Waals surface area contributed by atoms with Gasteiger partial charge in [-0.15, -0.1) is 0 Å². The van der Waals surface area contributed by atoms with Crippen molar-refractivity contribution in [1.82, 2.24) is 0 Å². The third kappa shape index (κ3) is 3.48. The quantitative estimate of drug-likeness (QED) is 0.851. The summed E-state index contributed by atoms with van der Waals surface area (Å²) in [5, 5.41) is 0. The van der Waals surface area contributed by atoms with E-state index in [1.54, 1.807) is 7.05 Å². The Kier molecular flexibility index (Phi) is 4.16. The molecule has 0 radical (unpaired) electrons. The highest BCUT2D eigenvalue weighted by Gasteiger charge is 2.26. The van der Waals surface area contributed by atoms with Crippen LogP contribution in [0, 0.1) is 13.8 Å². The molecule has 1 heterocycles. The van der Waals surface area contributed by atoms with Crippen molar-refractivity contribution in [1.29, 1.82) is 0 Å². The maximum Gasteiger partial charge on any atom is 0.237 e. The molecule has 1 aliphatic heterocycles. The van der Waals surface area contributed by atoms with Gasteiger partial charge in [0, 0.05) is 13.7 Å². The van der Waals surface area contributed by atoms with Crippen LogP contribution >= 0.6 is 0 Å². The first-order chi connectivity index (χ1) is 8.88. The van der Waals surface area contributed by atoms with Crippen LogP contribution in [0.15, 0.2) is 18.2 Å². The molecule has 0 aliphatic carbocycles. The summed E-state index contributed by atoms with van der Waals surface area (Å²) in [5.74, 6) is 0.0660. The van der Waals surface area contributed by atoms with E-state index in [-0.39, 0.29) is 11.9 Å². The molecule has 5 heteroatoms. The SMILES string of the molecule is Cc1cc(C)cc(N(C)S(=O)(=O)C[C@@H]2CCCO2)c1. The summed E-state index contributed by atoms with van der Waals surface area (Å²) < 4.78 is 31.5. The van der Waals surface area contributed by atoms with Crippen molar-refractivity contribution in [3.63, 3.8) is 0 Å². The average molecular weight is 283 g/mol. The molecule has 0 amide bonds. The Balaban J connectivity index is 2.18. The third-order valence-corrected chi connectivity index (χ3v) is 5.25. The number of hydrogen-bond donors (Lipinski definition) is 0. The van der Waals surface area contributed by atoms with Crippen LogP contribution in [0.2, 0.25) is 0 Å². The lowest BCUT2D eigenvalue weighted by Gasteiger charge is -2.22. The number of ether oxygens (including phenoxy) is 1. The van der Waals surface area contributed by atoms with Crippen LogP contribution in [0.5, 0.6) is 0 Å². The van der Waals surface area contributed by atoms with Crippen molar-refractivity contribution in [2.24, 2.45) is 0 Å². The van der Waals surface area contributed by atoms with E-state index in [4.69, 9.17) is 4.74 Å². The lowest BCUT2D eigenvalue weighted by Crippen LogP contribution is -2.33. The molecule has 4 nitrogen and oxygen atoms in total. The average Bonchev–Trinajstić information content (AvgIpc) is 2.78. The molecule has 1 aliphatic rings. The Bertz CT molecular complexity index is 528. The molecule has 0 aromatic heterocycles. The van der Waals surface area contributed by atoms with Gasteiger partial charge in [-0.2, -0.15) is 0 Å². The summed E-state index contributed by atoms with van der Waals surface area (Å²) in [5.41, 5.74) is 2.85. The summed E-state index contributed by atoms with van der Waals surface area (Å²) in [6, 6.07) is 5.81. The van der Waals surface area contributed by atoms with Crippen LogP contribution in [-0.2, 0) is 14.8 Å². The molecule has 1 atom stereocenters. The predicted octanol–water partition coefficient (Wildman–Crippen LogP) is 2.25. The number of nitrogens with zero attached hydrogens (tertiary/aromatic N) is 1. The van der Waals surface area contributed by atoms with Crippen molar-refractivity contribution >= 4 is 15.7 Å². The first-order valence-electron chi connectivity index (χ1n) is 6.55. The fraction of sp³-hybridized carbons (Fsp3) is 0.571. The number of hydrogen-bond acceptors (Lipinski definition) is 3. The highest BCUT2D eigenvalue weighted by molar-refractivity contribution is 7.92. The van der Waals surface area contributed by atoms with E-state index in [1.165, 1.54) is 4.31 Å². The smallest absolute Gasteiger partial charge is 0.237 e. The zero-order valence-corrected chi connectivity index (χ0v) is 12.5. The first kappa shape index (κ1) is 14.3. The Morgan fingerprint density at radius 2 is 1.89 bits per heavy atom. The van der Waals surface area contributed by atoms with Crippen molar-refractivity contribution < 1.29 is 13.2 Å². The van der Waals surface area contributed by atoms with Gasteiger partial charge in [0.1, 0.15) is 0 Å². The van der Waals surface area contributed by atoms with Gasteiger partial charge in [0.15, 0.2) is 0 Å². The second-order valence-corrected chi connectivity index (χ2v) is 7.27. The zero-order valence-electron chi connectivity index (χ0n) is 11.7. The van der Waals surface area contributed by atoms with E-state index >= 15 is 0 Å². The van der Waals surface area contributed by atoms with Gasteiger partial charge >= 0.3 is 0 Å². The van der Waals surface area contributed by atoms with Gasteiger partial charge < -0.3 is 4.74 Å². The molecule has 106 valence electrons. The molecule has 2 rings (SSSR count). The van der Waals surface area contributed by atoms with Gasteiger partial charge in [-0.1, -0.05) is 6.07 Å². The molecule has 1 aromatic rings. The van der Waals surface area contributed by atoms with E-state index in [9.17, 15) is 8.42 Å². The maximum atomic E-state index is 12.4. The van der Waals surface area contributed by atoms with Gasteiger partial charge in [0.05, 0.1) is 17.5 Å². The van der Waals surface area contributed by atoms with E-state index < -0.39 is 10.0 Å². The van der Waals surface area contributed by atoms with E-state index in [1.807, 2.05) is 32.0 Å².